The maximum Gasteiger partial charge on any atom is 0.227 e. The van der Waals surface area contributed by atoms with Gasteiger partial charge >= 0.3 is 0 Å². The molecule has 8 heteroatoms. The van der Waals surface area contributed by atoms with Crippen LogP contribution in [0, 0.1) is 0 Å². The number of nitrogens with zero attached hydrogens (tertiary/aromatic N) is 6. The summed E-state index contributed by atoms with van der Waals surface area (Å²) in [7, 11) is 0. The summed E-state index contributed by atoms with van der Waals surface area (Å²) in [6, 6.07) is 75.3. The van der Waals surface area contributed by atoms with Crippen LogP contribution in [-0.4, -0.2) is 29.5 Å². The Morgan fingerprint density at radius 1 is 0.304 bits per heavy atom. The van der Waals surface area contributed by atoms with Crippen molar-refractivity contribution in [2.75, 3.05) is 0 Å². The minimum atomic E-state index is 0.549. The molecule has 0 radical (unpaired) electrons. The summed E-state index contributed by atoms with van der Waals surface area (Å²) in [5, 5.41) is 7.31. The average molecular weight is 885 g/mol. The highest BCUT2D eigenvalue weighted by Crippen LogP contribution is 2.39. The number of para-hydroxylation sites is 5. The molecule has 0 N–H and O–H groups in total. The number of oxazole rings is 2. The third-order valence-corrected chi connectivity index (χ3v) is 13.1. The lowest BCUT2D eigenvalue weighted by atomic mass is 9.97. The smallest absolute Gasteiger partial charge is 0.227 e. The zero-order valence-corrected chi connectivity index (χ0v) is 36.8. The third kappa shape index (κ3) is 6.65. The highest BCUT2D eigenvalue weighted by molar-refractivity contribution is 6.22. The van der Waals surface area contributed by atoms with Crippen molar-refractivity contribution in [2.24, 2.45) is 0 Å². The van der Waals surface area contributed by atoms with Gasteiger partial charge in [-0.2, -0.15) is 0 Å². The van der Waals surface area contributed by atoms with Crippen LogP contribution in [0.3, 0.4) is 0 Å². The summed E-state index contributed by atoms with van der Waals surface area (Å²) >= 11 is 0. The Bertz CT molecular complexity index is 4100. The van der Waals surface area contributed by atoms with Crippen molar-refractivity contribution in [3.05, 3.63) is 218 Å². The number of hydrogen-bond acceptors (Lipinski definition) is 7. The standard InChI is InChI=1S/C61H36N6O2/c1-2-10-45-35-47(33-31-37(45)9-1)67-52-14-6-3-11-48(52)56-49-36-46(30-19-39(49)32-34-53(56)67)38-17-20-40(21-18-38)57-64-58(41-22-26-43(27-23-41)60-62-50-12-4-7-15-54(50)68-60)66-59(65-57)42-24-28-44(29-25-42)61-63-51-13-5-8-16-55(51)69-61/h1-36H. The minimum Gasteiger partial charge on any atom is -0.436 e. The Morgan fingerprint density at radius 2 is 0.783 bits per heavy atom. The first kappa shape index (κ1) is 38.7. The van der Waals surface area contributed by atoms with Crippen LogP contribution in [0.25, 0.3) is 139 Å². The Kier molecular flexibility index (Phi) is 8.72. The summed E-state index contributed by atoms with van der Waals surface area (Å²) in [6.07, 6.45) is 0. The summed E-state index contributed by atoms with van der Waals surface area (Å²) in [4.78, 5) is 24.6. The maximum absolute atomic E-state index is 6.08. The number of aromatic nitrogens is 6. The fraction of sp³-hybridized carbons (Fsp3) is 0. The second kappa shape index (κ2) is 15.5. The first-order valence-electron chi connectivity index (χ1n) is 22.9. The lowest BCUT2D eigenvalue weighted by Gasteiger charge is -2.11. The van der Waals surface area contributed by atoms with Gasteiger partial charge in [-0.25, -0.2) is 24.9 Å². The molecular formula is C61H36N6O2. The number of rotatable bonds is 7. The second-order valence-electron chi connectivity index (χ2n) is 17.3. The molecule has 14 rings (SSSR count). The summed E-state index contributed by atoms with van der Waals surface area (Å²) in [5.41, 5.74) is 13.1. The lowest BCUT2D eigenvalue weighted by Crippen LogP contribution is -2.00. The molecule has 0 aliphatic carbocycles. The van der Waals surface area contributed by atoms with E-state index in [2.05, 4.69) is 126 Å². The SMILES string of the molecule is c1ccc2cc(-n3c4ccccc4c4c5cc(-c6ccc(-c7nc(-c8ccc(-c9nc%10ccccc%10o9)cc8)nc(-c8ccc(-c9nc%10ccccc%10o9)cc8)n7)cc6)ccc5ccc43)ccc2c1. The Labute approximate surface area is 394 Å². The van der Waals surface area contributed by atoms with Crippen molar-refractivity contribution in [3.8, 4) is 73.9 Å². The first-order valence-corrected chi connectivity index (χ1v) is 22.9. The van der Waals surface area contributed by atoms with Crippen LogP contribution >= 0.6 is 0 Å². The maximum atomic E-state index is 6.08. The fourth-order valence-electron chi connectivity index (χ4n) is 9.65. The molecule has 0 bridgehead atoms. The van der Waals surface area contributed by atoms with Gasteiger partial charge in [-0.15, -0.1) is 0 Å². The minimum absolute atomic E-state index is 0.549. The van der Waals surface area contributed by atoms with Crippen LogP contribution in [0.2, 0.25) is 0 Å². The molecule has 14 aromatic rings. The van der Waals surface area contributed by atoms with E-state index in [1.54, 1.807) is 0 Å². The van der Waals surface area contributed by atoms with Gasteiger partial charge < -0.3 is 13.4 Å². The molecule has 0 amide bonds. The highest BCUT2D eigenvalue weighted by Gasteiger charge is 2.18. The van der Waals surface area contributed by atoms with Crippen LogP contribution < -0.4 is 0 Å². The monoisotopic (exact) mass is 884 g/mol. The van der Waals surface area contributed by atoms with Gasteiger partial charge in [0, 0.05) is 44.3 Å². The van der Waals surface area contributed by atoms with E-state index in [-0.39, 0.29) is 0 Å². The Balaban J connectivity index is 0.843. The Morgan fingerprint density at radius 3 is 1.39 bits per heavy atom. The van der Waals surface area contributed by atoms with Gasteiger partial charge in [0.25, 0.3) is 0 Å². The zero-order chi connectivity index (χ0) is 45.4. The third-order valence-electron chi connectivity index (χ3n) is 13.1. The van der Waals surface area contributed by atoms with E-state index in [4.69, 9.17) is 33.8 Å². The van der Waals surface area contributed by atoms with Crippen molar-refractivity contribution in [1.29, 1.82) is 0 Å². The molecule has 8 nitrogen and oxygen atoms in total. The molecular weight excluding hydrogens is 849 g/mol. The van der Waals surface area contributed by atoms with Crippen LogP contribution in [0.4, 0.5) is 0 Å². The van der Waals surface area contributed by atoms with Gasteiger partial charge in [0.1, 0.15) is 11.0 Å². The largest absolute Gasteiger partial charge is 0.436 e. The molecule has 0 unspecified atom stereocenters. The molecule has 69 heavy (non-hydrogen) atoms. The molecule has 0 atom stereocenters. The van der Waals surface area contributed by atoms with Gasteiger partial charge in [0.15, 0.2) is 28.6 Å². The summed E-state index contributed by atoms with van der Waals surface area (Å²) in [5.74, 6) is 2.78. The van der Waals surface area contributed by atoms with Gasteiger partial charge in [-0.05, 0) is 112 Å². The predicted molar refractivity (Wildman–Crippen MR) is 277 cm³/mol. The number of hydrogen-bond donors (Lipinski definition) is 0. The topological polar surface area (TPSA) is 95.7 Å². The summed E-state index contributed by atoms with van der Waals surface area (Å²) < 4.78 is 14.5. The van der Waals surface area contributed by atoms with E-state index in [1.165, 1.54) is 43.4 Å². The quantitative estimate of drug-likeness (QED) is 0.157. The molecule has 0 saturated carbocycles. The predicted octanol–water partition coefficient (Wildman–Crippen LogP) is 15.6. The van der Waals surface area contributed by atoms with E-state index < -0.39 is 0 Å². The Hall–Kier alpha value is -9.53. The van der Waals surface area contributed by atoms with Crippen molar-refractivity contribution in [2.45, 2.75) is 0 Å². The fourth-order valence-corrected chi connectivity index (χ4v) is 9.65. The molecule has 0 fully saturated rings. The van der Waals surface area contributed by atoms with Crippen molar-refractivity contribution >= 4 is 65.6 Å². The van der Waals surface area contributed by atoms with E-state index in [9.17, 15) is 0 Å². The van der Waals surface area contributed by atoms with E-state index in [1.807, 2.05) is 97.1 Å². The normalized spacial score (nSPS) is 11.8. The van der Waals surface area contributed by atoms with Crippen molar-refractivity contribution < 1.29 is 8.83 Å². The zero-order valence-electron chi connectivity index (χ0n) is 36.8. The van der Waals surface area contributed by atoms with Gasteiger partial charge in [0.05, 0.1) is 11.0 Å². The average Bonchev–Trinajstić information content (AvgIpc) is 4.15. The van der Waals surface area contributed by atoms with Gasteiger partial charge in [0.2, 0.25) is 11.8 Å². The molecule has 0 saturated heterocycles. The second-order valence-corrected chi connectivity index (χ2v) is 17.3. The summed E-state index contributed by atoms with van der Waals surface area (Å²) in [6.45, 7) is 0. The molecule has 0 spiro atoms. The molecule has 10 aromatic carbocycles. The molecule has 322 valence electrons. The van der Waals surface area contributed by atoms with Crippen LogP contribution in [-0.2, 0) is 0 Å². The van der Waals surface area contributed by atoms with E-state index >= 15 is 0 Å². The van der Waals surface area contributed by atoms with Gasteiger partial charge in [-0.1, -0.05) is 140 Å². The van der Waals surface area contributed by atoms with Crippen LogP contribution in [0.5, 0.6) is 0 Å². The van der Waals surface area contributed by atoms with Crippen molar-refractivity contribution in [1.82, 2.24) is 29.5 Å². The number of benzene rings is 10. The first-order chi connectivity index (χ1) is 34.1. The van der Waals surface area contributed by atoms with Gasteiger partial charge in [-0.3, -0.25) is 0 Å². The molecule has 0 aliphatic rings. The lowest BCUT2D eigenvalue weighted by molar-refractivity contribution is 0.619. The van der Waals surface area contributed by atoms with Crippen molar-refractivity contribution in [3.63, 3.8) is 0 Å². The highest BCUT2D eigenvalue weighted by atomic mass is 16.4. The van der Waals surface area contributed by atoms with E-state index in [0.717, 1.165) is 66.8 Å². The molecule has 0 aliphatic heterocycles. The number of fused-ring (bicyclic) bond motifs is 8. The van der Waals surface area contributed by atoms with E-state index in [0.29, 0.717) is 29.3 Å². The molecule has 4 heterocycles. The van der Waals surface area contributed by atoms with Crippen LogP contribution in [0.15, 0.2) is 227 Å². The van der Waals surface area contributed by atoms with Crippen LogP contribution in [0.1, 0.15) is 0 Å². The molecule has 4 aromatic heterocycles.